The zero-order valence-electron chi connectivity index (χ0n) is 9.15. The molecule has 0 saturated carbocycles. The topological polar surface area (TPSA) is 59.0 Å². The number of nitrogen functional groups attached to an aromatic ring is 1. The fourth-order valence-corrected chi connectivity index (χ4v) is 1.37. The van der Waals surface area contributed by atoms with E-state index in [0.717, 1.165) is 6.07 Å². The Morgan fingerprint density at radius 1 is 1.11 bits per heavy atom. The second-order valence-corrected chi connectivity index (χ2v) is 3.52. The Balaban J connectivity index is 2.40. The number of hydrogen-bond acceptors (Lipinski definition) is 3. The van der Waals surface area contributed by atoms with Crippen LogP contribution in [0.2, 0.25) is 0 Å². The summed E-state index contributed by atoms with van der Waals surface area (Å²) in [6, 6.07) is 9.81. The lowest BCUT2D eigenvalue weighted by Crippen LogP contribution is -1.96. The van der Waals surface area contributed by atoms with E-state index >= 15 is 0 Å². The minimum atomic E-state index is -1.10. The molecule has 5 heteroatoms. The van der Waals surface area contributed by atoms with E-state index in [4.69, 9.17) is 15.7 Å². The van der Waals surface area contributed by atoms with Gasteiger partial charge in [0.15, 0.2) is 17.3 Å². The van der Waals surface area contributed by atoms with E-state index in [0.29, 0.717) is 5.56 Å². The van der Waals surface area contributed by atoms with Gasteiger partial charge in [-0.25, -0.2) is 4.39 Å². The number of rotatable bonds is 2. The molecule has 90 valence electrons. The Morgan fingerprint density at radius 3 is 2.61 bits per heavy atom. The van der Waals surface area contributed by atoms with Gasteiger partial charge >= 0.3 is 0 Å². The van der Waals surface area contributed by atoms with Crippen molar-refractivity contribution in [1.82, 2.24) is 0 Å². The first-order valence-corrected chi connectivity index (χ1v) is 5.03. The third-order valence-electron chi connectivity index (χ3n) is 2.28. The maximum absolute atomic E-state index is 13.4. The van der Waals surface area contributed by atoms with Crippen molar-refractivity contribution < 1.29 is 13.5 Å². The molecule has 0 unspecified atom stereocenters. The van der Waals surface area contributed by atoms with Gasteiger partial charge in [0.2, 0.25) is 5.82 Å². The monoisotopic (exact) mass is 246 g/mol. The summed E-state index contributed by atoms with van der Waals surface area (Å²) >= 11 is 0. The summed E-state index contributed by atoms with van der Waals surface area (Å²) in [6.45, 7) is 0. The van der Waals surface area contributed by atoms with Gasteiger partial charge in [-0.1, -0.05) is 6.07 Å². The van der Waals surface area contributed by atoms with Gasteiger partial charge in [0, 0.05) is 6.07 Å². The number of nitriles is 1. The molecule has 0 amide bonds. The average Bonchev–Trinajstić information content (AvgIpc) is 2.37. The highest BCUT2D eigenvalue weighted by Crippen LogP contribution is 2.30. The number of benzene rings is 2. The Morgan fingerprint density at radius 2 is 1.89 bits per heavy atom. The zero-order valence-corrected chi connectivity index (χ0v) is 9.15. The van der Waals surface area contributed by atoms with Crippen LogP contribution in [-0.4, -0.2) is 0 Å². The molecule has 18 heavy (non-hydrogen) atoms. The van der Waals surface area contributed by atoms with E-state index < -0.39 is 11.6 Å². The quantitative estimate of drug-likeness (QED) is 0.827. The summed E-state index contributed by atoms with van der Waals surface area (Å²) in [5, 5.41) is 8.74. The van der Waals surface area contributed by atoms with Crippen molar-refractivity contribution in [2.45, 2.75) is 0 Å². The third-order valence-corrected chi connectivity index (χ3v) is 2.28. The van der Waals surface area contributed by atoms with Crippen molar-refractivity contribution in [3.05, 3.63) is 53.6 Å². The Bertz CT molecular complexity index is 635. The van der Waals surface area contributed by atoms with E-state index in [1.165, 1.54) is 30.3 Å². The number of nitrogens with zero attached hydrogens (tertiary/aromatic N) is 1. The first kappa shape index (κ1) is 11.9. The highest BCUT2D eigenvalue weighted by Gasteiger charge is 2.11. The Labute approximate surface area is 102 Å². The van der Waals surface area contributed by atoms with Crippen molar-refractivity contribution in [2.24, 2.45) is 0 Å². The lowest BCUT2D eigenvalue weighted by atomic mass is 10.2. The average molecular weight is 246 g/mol. The minimum Gasteiger partial charge on any atom is -0.452 e. The molecule has 0 radical (unpaired) electrons. The van der Waals surface area contributed by atoms with E-state index in [9.17, 15) is 8.78 Å². The molecule has 0 fully saturated rings. The highest BCUT2D eigenvalue weighted by molar-refractivity contribution is 5.57. The lowest BCUT2D eigenvalue weighted by molar-refractivity contribution is 0.417. The van der Waals surface area contributed by atoms with Crippen LogP contribution in [0.1, 0.15) is 5.56 Å². The van der Waals surface area contributed by atoms with Gasteiger partial charge in [-0.2, -0.15) is 9.65 Å². The van der Waals surface area contributed by atoms with Crippen LogP contribution in [0, 0.1) is 23.0 Å². The number of halogens is 2. The number of nitrogens with two attached hydrogens (primary N) is 1. The van der Waals surface area contributed by atoms with Crippen LogP contribution < -0.4 is 10.5 Å². The van der Waals surface area contributed by atoms with Gasteiger partial charge in [-0.15, -0.1) is 0 Å². The van der Waals surface area contributed by atoms with Gasteiger partial charge in [0.25, 0.3) is 0 Å². The molecule has 0 aliphatic heterocycles. The minimum absolute atomic E-state index is 0.110. The number of anilines is 1. The maximum atomic E-state index is 13.4. The molecule has 2 rings (SSSR count). The molecule has 0 heterocycles. The van der Waals surface area contributed by atoms with Gasteiger partial charge in [0.05, 0.1) is 17.3 Å². The molecule has 0 atom stereocenters. The molecule has 2 aromatic rings. The molecule has 0 aliphatic rings. The first-order chi connectivity index (χ1) is 8.61. The van der Waals surface area contributed by atoms with Crippen LogP contribution in [-0.2, 0) is 0 Å². The van der Waals surface area contributed by atoms with E-state index in [-0.39, 0.29) is 17.2 Å². The fourth-order valence-electron chi connectivity index (χ4n) is 1.37. The molecule has 0 spiro atoms. The summed E-state index contributed by atoms with van der Waals surface area (Å²) < 4.78 is 31.6. The van der Waals surface area contributed by atoms with Gasteiger partial charge in [0.1, 0.15) is 0 Å². The van der Waals surface area contributed by atoms with Crippen LogP contribution >= 0.6 is 0 Å². The van der Waals surface area contributed by atoms with Crippen molar-refractivity contribution >= 4 is 5.69 Å². The molecule has 0 aromatic heterocycles. The SMILES string of the molecule is N#Cc1ccc(N)c(Oc2cccc(F)c2F)c1. The van der Waals surface area contributed by atoms with Crippen molar-refractivity contribution in [3.8, 4) is 17.6 Å². The van der Waals surface area contributed by atoms with Crippen LogP contribution in [0.25, 0.3) is 0 Å². The predicted octanol–water partition coefficient (Wildman–Crippen LogP) is 3.21. The molecule has 3 nitrogen and oxygen atoms in total. The number of hydrogen-bond donors (Lipinski definition) is 1. The maximum Gasteiger partial charge on any atom is 0.201 e. The van der Waals surface area contributed by atoms with E-state index in [1.807, 2.05) is 6.07 Å². The predicted molar refractivity (Wildman–Crippen MR) is 62.0 cm³/mol. The molecule has 2 N–H and O–H groups in total. The van der Waals surface area contributed by atoms with Crippen LogP contribution in [0.5, 0.6) is 11.5 Å². The van der Waals surface area contributed by atoms with E-state index in [2.05, 4.69) is 0 Å². The molecular weight excluding hydrogens is 238 g/mol. The summed E-state index contributed by atoms with van der Waals surface area (Å²) in [5.41, 5.74) is 6.18. The highest BCUT2D eigenvalue weighted by atomic mass is 19.2. The lowest BCUT2D eigenvalue weighted by Gasteiger charge is -2.09. The number of ether oxygens (including phenoxy) is 1. The fraction of sp³-hybridized carbons (Fsp3) is 0. The molecule has 2 aromatic carbocycles. The largest absolute Gasteiger partial charge is 0.452 e. The van der Waals surface area contributed by atoms with Gasteiger partial charge < -0.3 is 10.5 Å². The molecule has 0 bridgehead atoms. The van der Waals surface area contributed by atoms with Crippen molar-refractivity contribution in [3.63, 3.8) is 0 Å². The summed E-state index contributed by atoms with van der Waals surface area (Å²) in [5.74, 6) is -2.28. The normalized spacial score (nSPS) is 9.83. The Kier molecular flexibility index (Phi) is 3.11. The third kappa shape index (κ3) is 2.23. The summed E-state index contributed by atoms with van der Waals surface area (Å²) in [4.78, 5) is 0. The van der Waals surface area contributed by atoms with Gasteiger partial charge in [-0.05, 0) is 24.3 Å². The Hall–Kier alpha value is -2.61. The molecule has 0 saturated heterocycles. The second-order valence-electron chi connectivity index (χ2n) is 3.52. The zero-order chi connectivity index (χ0) is 13.1. The van der Waals surface area contributed by atoms with E-state index in [1.54, 1.807) is 0 Å². The van der Waals surface area contributed by atoms with Crippen molar-refractivity contribution in [1.29, 1.82) is 5.26 Å². The molecule has 0 aliphatic carbocycles. The van der Waals surface area contributed by atoms with Crippen LogP contribution in [0.3, 0.4) is 0 Å². The summed E-state index contributed by atoms with van der Waals surface area (Å²) in [6.07, 6.45) is 0. The summed E-state index contributed by atoms with van der Waals surface area (Å²) in [7, 11) is 0. The smallest absolute Gasteiger partial charge is 0.201 e. The van der Waals surface area contributed by atoms with Crippen LogP contribution in [0.4, 0.5) is 14.5 Å². The van der Waals surface area contributed by atoms with Crippen LogP contribution in [0.15, 0.2) is 36.4 Å². The van der Waals surface area contributed by atoms with Crippen molar-refractivity contribution in [2.75, 3.05) is 5.73 Å². The van der Waals surface area contributed by atoms with Gasteiger partial charge in [-0.3, -0.25) is 0 Å². The second kappa shape index (κ2) is 4.72. The first-order valence-electron chi connectivity index (χ1n) is 5.03. The molecular formula is C13H8F2N2O. The standard InChI is InChI=1S/C13H8F2N2O/c14-9-2-1-3-11(13(9)15)18-12-6-8(7-16)4-5-10(12)17/h1-6H,17H2.